The number of rotatable bonds is 1. The van der Waals surface area contributed by atoms with E-state index in [4.69, 9.17) is 0 Å². The number of nitro benzene ring substituents is 1. The minimum absolute atomic E-state index is 0.0773. The Morgan fingerprint density at radius 2 is 2.21 bits per heavy atom. The van der Waals surface area contributed by atoms with Gasteiger partial charge in [-0.25, -0.2) is 0 Å². The summed E-state index contributed by atoms with van der Waals surface area (Å²) in [5.74, 6) is 6.00. The molecule has 0 bridgehead atoms. The first-order valence-electron chi connectivity index (χ1n) is 3.99. The van der Waals surface area contributed by atoms with Gasteiger partial charge >= 0.3 is 0 Å². The number of nitrogens with zero attached hydrogens (tertiary/aromatic N) is 1. The Balaban J connectivity index is 3.13. The minimum Gasteiger partial charge on any atom is -0.258 e. The molecular formula is C10H9NO2S. The van der Waals surface area contributed by atoms with Gasteiger partial charge in [0.15, 0.2) is 0 Å². The van der Waals surface area contributed by atoms with Crippen molar-refractivity contribution in [3.8, 4) is 11.8 Å². The number of nitro groups is 1. The second kappa shape index (κ2) is 4.68. The van der Waals surface area contributed by atoms with Crippen molar-refractivity contribution in [2.45, 2.75) is 6.92 Å². The third kappa shape index (κ3) is 2.79. The Morgan fingerprint density at radius 1 is 1.50 bits per heavy atom. The second-order valence-corrected chi connectivity index (χ2v) is 3.09. The lowest BCUT2D eigenvalue weighted by Gasteiger charge is -1.95. The van der Waals surface area contributed by atoms with Crippen molar-refractivity contribution in [3.05, 3.63) is 39.4 Å². The molecule has 0 atom stereocenters. The predicted octanol–water partition coefficient (Wildman–Crippen LogP) is 2.18. The third-order valence-corrected chi connectivity index (χ3v) is 1.74. The van der Waals surface area contributed by atoms with Crippen LogP contribution >= 0.6 is 12.6 Å². The summed E-state index contributed by atoms with van der Waals surface area (Å²) in [5.41, 5.74) is 1.57. The van der Waals surface area contributed by atoms with Crippen molar-refractivity contribution in [1.82, 2.24) is 0 Å². The first-order valence-corrected chi connectivity index (χ1v) is 4.62. The molecule has 1 rings (SSSR count). The van der Waals surface area contributed by atoms with Crippen molar-refractivity contribution < 1.29 is 4.92 Å². The maximum absolute atomic E-state index is 10.5. The van der Waals surface area contributed by atoms with E-state index in [0.29, 0.717) is 11.3 Å². The summed E-state index contributed by atoms with van der Waals surface area (Å²) in [7, 11) is 0. The summed E-state index contributed by atoms with van der Waals surface area (Å²) in [5, 5.41) is 10.5. The highest BCUT2D eigenvalue weighted by atomic mass is 32.1. The highest BCUT2D eigenvalue weighted by molar-refractivity contribution is 7.80. The average molecular weight is 207 g/mol. The molecule has 0 aliphatic rings. The molecule has 0 saturated carbocycles. The quantitative estimate of drug-likeness (QED) is 0.332. The van der Waals surface area contributed by atoms with Crippen molar-refractivity contribution in [3.63, 3.8) is 0 Å². The van der Waals surface area contributed by atoms with Gasteiger partial charge in [0, 0.05) is 17.7 Å². The van der Waals surface area contributed by atoms with Gasteiger partial charge in [-0.3, -0.25) is 10.1 Å². The molecule has 72 valence electrons. The van der Waals surface area contributed by atoms with Crippen LogP contribution in [0.4, 0.5) is 5.69 Å². The predicted molar refractivity (Wildman–Crippen MR) is 58.6 cm³/mol. The standard InChI is InChI=1S/C10H9NO2S/c1-8-5-9(3-2-4-14)7-10(6-8)11(12)13/h5-7,14H,4H2,1H3. The Bertz CT molecular complexity index is 418. The zero-order valence-electron chi connectivity index (χ0n) is 7.65. The van der Waals surface area contributed by atoms with Crippen molar-refractivity contribution in [2.24, 2.45) is 0 Å². The monoisotopic (exact) mass is 207 g/mol. The number of benzene rings is 1. The van der Waals surface area contributed by atoms with Gasteiger partial charge in [0.2, 0.25) is 0 Å². The topological polar surface area (TPSA) is 43.1 Å². The van der Waals surface area contributed by atoms with Gasteiger partial charge in [0.25, 0.3) is 5.69 Å². The highest BCUT2D eigenvalue weighted by Crippen LogP contribution is 2.15. The maximum Gasteiger partial charge on any atom is 0.270 e. The van der Waals surface area contributed by atoms with Gasteiger partial charge in [-0.05, 0) is 18.6 Å². The highest BCUT2D eigenvalue weighted by Gasteiger charge is 2.06. The van der Waals surface area contributed by atoms with E-state index in [1.54, 1.807) is 6.92 Å². The molecule has 0 spiro atoms. The molecule has 0 fully saturated rings. The molecule has 1 aromatic carbocycles. The molecule has 0 heterocycles. The van der Waals surface area contributed by atoms with Crippen LogP contribution in [0.3, 0.4) is 0 Å². The van der Waals surface area contributed by atoms with E-state index >= 15 is 0 Å². The SMILES string of the molecule is Cc1cc(C#CCS)cc([N+](=O)[O-])c1. The van der Waals surface area contributed by atoms with Crippen molar-refractivity contribution in [2.75, 3.05) is 5.75 Å². The molecule has 1 aromatic rings. The zero-order valence-corrected chi connectivity index (χ0v) is 8.54. The molecule has 3 nitrogen and oxygen atoms in total. The normalized spacial score (nSPS) is 9.00. The number of hydrogen-bond acceptors (Lipinski definition) is 3. The van der Waals surface area contributed by atoms with Crippen LogP contribution < -0.4 is 0 Å². The summed E-state index contributed by atoms with van der Waals surface area (Å²) in [4.78, 5) is 10.1. The van der Waals surface area contributed by atoms with E-state index in [1.807, 2.05) is 6.07 Å². The van der Waals surface area contributed by atoms with Gasteiger partial charge in [-0.1, -0.05) is 11.8 Å². The minimum atomic E-state index is -0.418. The summed E-state index contributed by atoms with van der Waals surface area (Å²) in [6.07, 6.45) is 0. The molecule has 14 heavy (non-hydrogen) atoms. The van der Waals surface area contributed by atoms with Crippen LogP contribution in [0.1, 0.15) is 11.1 Å². The Kier molecular flexibility index (Phi) is 3.55. The van der Waals surface area contributed by atoms with E-state index in [-0.39, 0.29) is 5.69 Å². The molecule has 0 saturated heterocycles. The molecule has 0 amide bonds. The Morgan fingerprint density at radius 3 is 2.79 bits per heavy atom. The zero-order chi connectivity index (χ0) is 10.6. The lowest BCUT2D eigenvalue weighted by atomic mass is 10.1. The van der Waals surface area contributed by atoms with Crippen LogP contribution in [0.15, 0.2) is 18.2 Å². The number of thiol groups is 1. The van der Waals surface area contributed by atoms with E-state index in [1.165, 1.54) is 12.1 Å². The van der Waals surface area contributed by atoms with Crippen molar-refractivity contribution >= 4 is 18.3 Å². The van der Waals surface area contributed by atoms with Gasteiger partial charge in [-0.15, -0.1) is 0 Å². The van der Waals surface area contributed by atoms with Crippen LogP contribution in [-0.2, 0) is 0 Å². The molecule has 0 aliphatic heterocycles. The molecule has 0 unspecified atom stereocenters. The van der Waals surface area contributed by atoms with Crippen LogP contribution in [0, 0.1) is 28.9 Å². The summed E-state index contributed by atoms with van der Waals surface area (Å²) < 4.78 is 0. The summed E-state index contributed by atoms with van der Waals surface area (Å²) in [6, 6.07) is 4.79. The van der Waals surface area contributed by atoms with Crippen LogP contribution in [-0.4, -0.2) is 10.7 Å². The molecular weight excluding hydrogens is 198 g/mol. The first-order chi connectivity index (χ1) is 6.63. The molecule has 0 aliphatic carbocycles. The molecule has 0 N–H and O–H groups in total. The fourth-order valence-electron chi connectivity index (χ4n) is 1.08. The van der Waals surface area contributed by atoms with Crippen LogP contribution in [0.25, 0.3) is 0 Å². The van der Waals surface area contributed by atoms with Crippen LogP contribution in [0.2, 0.25) is 0 Å². The Hall–Kier alpha value is -1.47. The third-order valence-electron chi connectivity index (χ3n) is 1.58. The fraction of sp³-hybridized carbons (Fsp3) is 0.200. The summed E-state index contributed by atoms with van der Waals surface area (Å²) >= 11 is 3.94. The first kappa shape index (κ1) is 10.6. The largest absolute Gasteiger partial charge is 0.270 e. The fourth-order valence-corrected chi connectivity index (χ4v) is 1.16. The van der Waals surface area contributed by atoms with Gasteiger partial charge in [-0.2, -0.15) is 12.6 Å². The molecule has 4 heteroatoms. The lowest BCUT2D eigenvalue weighted by Crippen LogP contribution is -1.90. The lowest BCUT2D eigenvalue weighted by molar-refractivity contribution is -0.384. The van der Waals surface area contributed by atoms with Crippen LogP contribution in [0.5, 0.6) is 0 Å². The van der Waals surface area contributed by atoms with E-state index in [2.05, 4.69) is 24.5 Å². The smallest absolute Gasteiger partial charge is 0.258 e. The Labute approximate surface area is 87.7 Å². The summed E-state index contributed by atoms with van der Waals surface area (Å²) in [6.45, 7) is 1.80. The van der Waals surface area contributed by atoms with Gasteiger partial charge < -0.3 is 0 Å². The number of aryl methyl sites for hydroxylation is 1. The van der Waals surface area contributed by atoms with E-state index in [0.717, 1.165) is 5.56 Å². The molecule has 0 aromatic heterocycles. The van der Waals surface area contributed by atoms with E-state index < -0.39 is 4.92 Å². The average Bonchev–Trinajstić information content (AvgIpc) is 2.14. The number of non-ortho nitro benzene ring substituents is 1. The van der Waals surface area contributed by atoms with Crippen molar-refractivity contribution in [1.29, 1.82) is 0 Å². The maximum atomic E-state index is 10.5. The molecule has 0 radical (unpaired) electrons. The van der Waals surface area contributed by atoms with E-state index in [9.17, 15) is 10.1 Å². The number of hydrogen-bond donors (Lipinski definition) is 1. The van der Waals surface area contributed by atoms with Gasteiger partial charge in [0.05, 0.1) is 10.7 Å². The van der Waals surface area contributed by atoms with Gasteiger partial charge in [0.1, 0.15) is 0 Å². The second-order valence-electron chi connectivity index (χ2n) is 2.77.